The molecule has 0 saturated heterocycles. The minimum Gasteiger partial charge on any atom is -0.348 e. The van der Waals surface area contributed by atoms with Crippen LogP contribution in [0.2, 0.25) is 5.02 Å². The van der Waals surface area contributed by atoms with Gasteiger partial charge in [0.1, 0.15) is 5.69 Å². The zero-order chi connectivity index (χ0) is 12.7. The van der Waals surface area contributed by atoms with E-state index >= 15 is 0 Å². The molecule has 2 aromatic rings. The van der Waals surface area contributed by atoms with E-state index in [1.165, 1.54) is 0 Å². The van der Waals surface area contributed by atoms with Crippen LogP contribution in [0.5, 0.6) is 0 Å². The third kappa shape index (κ3) is 2.06. The maximum Gasteiger partial charge on any atom is 0.270 e. The Bertz CT molecular complexity index is 626. The maximum absolute atomic E-state index is 12.0. The van der Waals surface area contributed by atoms with Gasteiger partial charge < -0.3 is 5.32 Å². The number of aromatic nitrogens is 1. The van der Waals surface area contributed by atoms with Crippen molar-refractivity contribution in [2.24, 2.45) is 5.92 Å². The van der Waals surface area contributed by atoms with Crippen LogP contribution in [-0.4, -0.2) is 16.9 Å². The van der Waals surface area contributed by atoms with Gasteiger partial charge in [-0.3, -0.25) is 4.79 Å². The van der Waals surface area contributed by atoms with Gasteiger partial charge in [0, 0.05) is 11.4 Å². The Balaban J connectivity index is 1.94. The van der Waals surface area contributed by atoms with Crippen LogP contribution in [-0.2, 0) is 0 Å². The highest BCUT2D eigenvalue weighted by Crippen LogP contribution is 2.29. The standard InChI is InChI=1S/C14H13ClN2O/c1-8-6-12(8)17-14(18)13-7-10(15)9-4-2-3-5-11(9)16-13/h2-5,7-8,12H,6H2,1H3,(H,17,18). The molecule has 1 aliphatic carbocycles. The van der Waals surface area contributed by atoms with Gasteiger partial charge in [-0.05, 0) is 24.5 Å². The first kappa shape index (κ1) is 11.5. The largest absolute Gasteiger partial charge is 0.348 e. The fourth-order valence-electron chi connectivity index (χ4n) is 2.01. The predicted octanol–water partition coefficient (Wildman–Crippen LogP) is 3.03. The van der Waals surface area contributed by atoms with Gasteiger partial charge >= 0.3 is 0 Å². The van der Waals surface area contributed by atoms with E-state index in [1.54, 1.807) is 6.07 Å². The van der Waals surface area contributed by atoms with Crippen molar-refractivity contribution in [3.05, 3.63) is 41.0 Å². The lowest BCUT2D eigenvalue weighted by atomic mass is 10.2. The van der Waals surface area contributed by atoms with Crippen LogP contribution in [0.15, 0.2) is 30.3 Å². The van der Waals surface area contributed by atoms with Crippen molar-refractivity contribution < 1.29 is 4.79 Å². The lowest BCUT2D eigenvalue weighted by Gasteiger charge is -2.06. The second-order valence-corrected chi connectivity index (χ2v) is 5.21. The van der Waals surface area contributed by atoms with E-state index in [0.717, 1.165) is 17.3 Å². The SMILES string of the molecule is CC1CC1NC(=O)c1cc(Cl)c2ccccc2n1. The van der Waals surface area contributed by atoms with Gasteiger partial charge in [-0.2, -0.15) is 0 Å². The topological polar surface area (TPSA) is 42.0 Å². The molecule has 3 nitrogen and oxygen atoms in total. The Morgan fingerprint density at radius 1 is 1.44 bits per heavy atom. The predicted molar refractivity (Wildman–Crippen MR) is 71.8 cm³/mol. The van der Waals surface area contributed by atoms with Crippen molar-refractivity contribution in [3.8, 4) is 0 Å². The second kappa shape index (κ2) is 4.25. The third-order valence-corrected chi connectivity index (χ3v) is 3.64. The average Bonchev–Trinajstić information content (AvgIpc) is 3.05. The first-order valence-electron chi connectivity index (χ1n) is 6.01. The average molecular weight is 261 g/mol. The van der Waals surface area contributed by atoms with Crippen molar-refractivity contribution >= 4 is 28.4 Å². The number of pyridine rings is 1. The molecular weight excluding hydrogens is 248 g/mol. The van der Waals surface area contributed by atoms with E-state index in [0.29, 0.717) is 22.7 Å². The number of rotatable bonds is 2. The van der Waals surface area contributed by atoms with Crippen LogP contribution in [0.3, 0.4) is 0 Å². The van der Waals surface area contributed by atoms with E-state index in [-0.39, 0.29) is 5.91 Å². The van der Waals surface area contributed by atoms with Crippen molar-refractivity contribution in [1.82, 2.24) is 10.3 Å². The molecule has 92 valence electrons. The summed E-state index contributed by atoms with van der Waals surface area (Å²) in [6.45, 7) is 2.12. The summed E-state index contributed by atoms with van der Waals surface area (Å²) in [7, 11) is 0. The summed E-state index contributed by atoms with van der Waals surface area (Å²) in [5, 5.41) is 4.39. The van der Waals surface area contributed by atoms with Gasteiger partial charge in [-0.15, -0.1) is 0 Å². The summed E-state index contributed by atoms with van der Waals surface area (Å²) >= 11 is 6.17. The zero-order valence-corrected chi connectivity index (χ0v) is 10.7. The number of fused-ring (bicyclic) bond motifs is 1. The number of hydrogen-bond donors (Lipinski definition) is 1. The maximum atomic E-state index is 12.0. The molecule has 0 spiro atoms. The Labute approximate surface area is 110 Å². The molecule has 0 aliphatic heterocycles. The highest BCUT2D eigenvalue weighted by atomic mass is 35.5. The molecule has 1 amide bonds. The summed E-state index contributed by atoms with van der Waals surface area (Å²) in [6, 6.07) is 9.47. The third-order valence-electron chi connectivity index (χ3n) is 3.32. The van der Waals surface area contributed by atoms with E-state index in [2.05, 4.69) is 17.2 Å². The van der Waals surface area contributed by atoms with E-state index < -0.39 is 0 Å². The number of nitrogens with one attached hydrogen (secondary N) is 1. The number of halogens is 1. The van der Waals surface area contributed by atoms with E-state index in [1.807, 2.05) is 24.3 Å². The Kier molecular flexibility index (Phi) is 2.71. The second-order valence-electron chi connectivity index (χ2n) is 4.80. The number of para-hydroxylation sites is 1. The van der Waals surface area contributed by atoms with Crippen LogP contribution in [0.25, 0.3) is 10.9 Å². The number of carbonyl (C=O) groups is 1. The molecule has 18 heavy (non-hydrogen) atoms. The van der Waals surface area contributed by atoms with Crippen molar-refractivity contribution in [2.75, 3.05) is 0 Å². The molecule has 1 aliphatic rings. The van der Waals surface area contributed by atoms with E-state index in [9.17, 15) is 4.79 Å². The minimum absolute atomic E-state index is 0.142. The van der Waals surface area contributed by atoms with Crippen LogP contribution in [0.4, 0.5) is 0 Å². The zero-order valence-electron chi connectivity index (χ0n) is 9.98. The Morgan fingerprint density at radius 2 is 2.17 bits per heavy atom. The number of benzene rings is 1. The van der Waals surface area contributed by atoms with Gasteiger partial charge in [0.25, 0.3) is 5.91 Å². The highest BCUT2D eigenvalue weighted by molar-refractivity contribution is 6.35. The molecule has 0 radical (unpaired) electrons. The van der Waals surface area contributed by atoms with Crippen molar-refractivity contribution in [2.45, 2.75) is 19.4 Å². The summed E-state index contributed by atoms with van der Waals surface area (Å²) in [6.07, 6.45) is 1.05. The Morgan fingerprint density at radius 3 is 2.89 bits per heavy atom. The van der Waals surface area contributed by atoms with Gasteiger partial charge in [0.2, 0.25) is 0 Å². The fourth-order valence-corrected chi connectivity index (χ4v) is 2.28. The van der Waals surface area contributed by atoms with E-state index in [4.69, 9.17) is 11.6 Å². The monoisotopic (exact) mass is 260 g/mol. The van der Waals surface area contributed by atoms with Crippen molar-refractivity contribution in [1.29, 1.82) is 0 Å². The van der Waals surface area contributed by atoms with Crippen LogP contribution < -0.4 is 5.32 Å². The number of hydrogen-bond acceptors (Lipinski definition) is 2. The summed E-state index contributed by atoms with van der Waals surface area (Å²) in [5.41, 5.74) is 1.14. The molecule has 2 unspecified atom stereocenters. The number of amides is 1. The molecular formula is C14H13ClN2O. The fraction of sp³-hybridized carbons (Fsp3) is 0.286. The highest BCUT2D eigenvalue weighted by Gasteiger charge is 2.34. The molecule has 3 rings (SSSR count). The lowest BCUT2D eigenvalue weighted by molar-refractivity contribution is 0.0944. The quantitative estimate of drug-likeness (QED) is 0.902. The van der Waals surface area contributed by atoms with Crippen LogP contribution in [0.1, 0.15) is 23.8 Å². The molecule has 0 bridgehead atoms. The van der Waals surface area contributed by atoms with Gasteiger partial charge in [-0.1, -0.05) is 36.7 Å². The molecule has 4 heteroatoms. The molecule has 2 atom stereocenters. The van der Waals surface area contributed by atoms with Gasteiger partial charge in [0.05, 0.1) is 10.5 Å². The normalized spacial score (nSPS) is 21.9. The minimum atomic E-state index is -0.142. The summed E-state index contributed by atoms with van der Waals surface area (Å²) in [5.74, 6) is 0.432. The molecule has 1 aromatic carbocycles. The first-order valence-corrected chi connectivity index (χ1v) is 6.39. The molecule has 1 aromatic heterocycles. The van der Waals surface area contributed by atoms with Crippen LogP contribution >= 0.6 is 11.6 Å². The van der Waals surface area contributed by atoms with Crippen molar-refractivity contribution in [3.63, 3.8) is 0 Å². The number of nitrogens with zero attached hydrogens (tertiary/aromatic N) is 1. The molecule has 1 saturated carbocycles. The molecule has 1 heterocycles. The Hall–Kier alpha value is -1.61. The van der Waals surface area contributed by atoms with Crippen LogP contribution in [0, 0.1) is 5.92 Å². The summed E-state index contributed by atoms with van der Waals surface area (Å²) in [4.78, 5) is 16.3. The lowest BCUT2D eigenvalue weighted by Crippen LogP contribution is -2.27. The smallest absolute Gasteiger partial charge is 0.270 e. The first-order chi connectivity index (χ1) is 8.65. The van der Waals surface area contributed by atoms with Gasteiger partial charge in [-0.25, -0.2) is 4.98 Å². The van der Waals surface area contributed by atoms with Gasteiger partial charge in [0.15, 0.2) is 0 Å². The molecule has 1 fully saturated rings. The summed E-state index contributed by atoms with van der Waals surface area (Å²) < 4.78 is 0. The molecule has 1 N–H and O–H groups in total. The number of carbonyl (C=O) groups excluding carboxylic acids is 1.